The second-order valence-corrected chi connectivity index (χ2v) is 11.0. The fourth-order valence-corrected chi connectivity index (χ4v) is 6.10. The van der Waals surface area contributed by atoms with Gasteiger partial charge in [-0.25, -0.2) is 0 Å². The summed E-state index contributed by atoms with van der Waals surface area (Å²) < 4.78 is 0. The van der Waals surface area contributed by atoms with Crippen LogP contribution in [0.15, 0.2) is 89.6 Å². The topological polar surface area (TPSA) is 37.4 Å². The number of halogens is 1. The van der Waals surface area contributed by atoms with Gasteiger partial charge in [-0.15, -0.1) is 0 Å². The maximum absolute atomic E-state index is 14.0. The summed E-state index contributed by atoms with van der Waals surface area (Å²) in [4.78, 5) is 30.0. The predicted molar refractivity (Wildman–Crippen MR) is 141 cm³/mol. The van der Waals surface area contributed by atoms with E-state index in [1.54, 1.807) is 0 Å². The summed E-state index contributed by atoms with van der Waals surface area (Å²) in [6, 6.07) is 23.7. The molecular weight excluding hydrogens is 454 g/mol. The van der Waals surface area contributed by atoms with E-state index >= 15 is 0 Å². The van der Waals surface area contributed by atoms with Crippen molar-refractivity contribution in [2.75, 3.05) is 4.90 Å². The van der Waals surface area contributed by atoms with Gasteiger partial charge in [-0.2, -0.15) is 0 Å². The molecule has 1 unspecified atom stereocenters. The third-order valence-corrected chi connectivity index (χ3v) is 7.60. The molecule has 0 saturated carbocycles. The molecule has 174 valence electrons. The van der Waals surface area contributed by atoms with E-state index in [1.165, 1.54) is 0 Å². The molecule has 2 aliphatic carbocycles. The van der Waals surface area contributed by atoms with Crippen LogP contribution < -0.4 is 4.90 Å². The molecule has 0 fully saturated rings. The number of Topliss-reactive ketones (excluding diaryl/α,β-unsaturated/α-hetero) is 2. The number of carbonyl (C=O) groups excluding carboxylic acids is 2. The number of allylic oxidation sites excluding steroid dienone is 3. The van der Waals surface area contributed by atoms with E-state index in [2.05, 4.69) is 49.9 Å². The quantitative estimate of drug-likeness (QED) is 0.381. The average molecular weight is 480 g/mol. The summed E-state index contributed by atoms with van der Waals surface area (Å²) in [5.74, 6) is -0.348. The molecule has 0 N–H and O–H groups in total. The molecule has 1 atom stereocenters. The van der Waals surface area contributed by atoms with Crippen LogP contribution in [0.1, 0.15) is 59.7 Å². The molecule has 0 radical (unpaired) electrons. The molecule has 0 aromatic heterocycles. The average Bonchev–Trinajstić information content (AvgIpc) is 3.10. The van der Waals surface area contributed by atoms with Crippen molar-refractivity contribution in [2.24, 2.45) is 5.41 Å². The molecule has 35 heavy (non-hydrogen) atoms. The molecule has 3 nitrogen and oxygen atoms in total. The maximum Gasteiger partial charge on any atom is 0.192 e. The number of hydrogen-bond donors (Lipinski definition) is 0. The fourth-order valence-electron chi connectivity index (χ4n) is 5.90. The second-order valence-electron chi connectivity index (χ2n) is 10.6. The smallest absolute Gasteiger partial charge is 0.192 e. The zero-order valence-corrected chi connectivity index (χ0v) is 20.8. The Balaban J connectivity index is 1.70. The van der Waals surface area contributed by atoms with Gasteiger partial charge in [0.25, 0.3) is 0 Å². The number of hydrogen-bond acceptors (Lipinski definition) is 3. The highest BCUT2D eigenvalue weighted by Gasteiger charge is 2.49. The minimum atomic E-state index is -0.441. The highest BCUT2D eigenvalue weighted by molar-refractivity contribution is 6.30. The molecule has 0 saturated heterocycles. The summed E-state index contributed by atoms with van der Waals surface area (Å²) >= 11 is 6.42. The number of ketones is 2. The van der Waals surface area contributed by atoms with E-state index in [9.17, 15) is 9.59 Å². The van der Waals surface area contributed by atoms with Crippen molar-refractivity contribution in [1.29, 1.82) is 0 Å². The van der Waals surface area contributed by atoms with Crippen LogP contribution in [0.5, 0.6) is 0 Å². The lowest BCUT2D eigenvalue weighted by molar-refractivity contribution is -0.118. The van der Waals surface area contributed by atoms with Crippen molar-refractivity contribution in [1.82, 2.24) is 0 Å². The minimum Gasteiger partial charge on any atom is -0.313 e. The van der Waals surface area contributed by atoms with Crippen LogP contribution in [-0.2, 0) is 4.79 Å². The van der Waals surface area contributed by atoms with Crippen molar-refractivity contribution < 1.29 is 9.59 Å². The van der Waals surface area contributed by atoms with Gasteiger partial charge in [0.2, 0.25) is 0 Å². The Morgan fingerprint density at radius 2 is 1.57 bits per heavy atom. The highest BCUT2D eigenvalue weighted by atomic mass is 35.5. The maximum atomic E-state index is 14.0. The lowest BCUT2D eigenvalue weighted by atomic mass is 9.68. The van der Waals surface area contributed by atoms with Crippen LogP contribution in [0.2, 0.25) is 5.02 Å². The molecule has 4 heteroatoms. The lowest BCUT2D eigenvalue weighted by Gasteiger charge is -2.44. The van der Waals surface area contributed by atoms with Gasteiger partial charge in [-0.3, -0.25) is 9.59 Å². The van der Waals surface area contributed by atoms with Gasteiger partial charge in [-0.1, -0.05) is 79.5 Å². The van der Waals surface area contributed by atoms with E-state index in [0.717, 1.165) is 45.8 Å². The molecule has 3 aromatic rings. The largest absolute Gasteiger partial charge is 0.313 e. The molecule has 3 aromatic carbocycles. The number of benzene rings is 3. The standard InChI is InChI=1S/C31H26ClNO2/c1-18-11-13-21(14-12-18)33-24-16-31(2,3)17-25(34)27(24)26(19-7-6-8-20(32)15-19)28-29(33)22-9-4-5-10-23(22)30(28)35/h4-15,26H,16-17H2,1-3H3. The first-order chi connectivity index (χ1) is 16.7. The predicted octanol–water partition coefficient (Wildman–Crippen LogP) is 7.50. The molecule has 0 bridgehead atoms. The van der Waals surface area contributed by atoms with E-state index in [1.807, 2.05) is 48.5 Å². The SMILES string of the molecule is Cc1ccc(N2C3=C(C(=O)CC(C)(C)C3)C(c3cccc(Cl)c3)C3=C2c2ccccc2C3=O)cc1. The number of nitrogens with zero attached hydrogens (tertiary/aromatic N) is 1. The number of rotatable bonds is 2. The first-order valence-corrected chi connectivity index (χ1v) is 12.4. The molecule has 0 spiro atoms. The van der Waals surface area contributed by atoms with Crippen LogP contribution in [0, 0.1) is 12.3 Å². The summed E-state index contributed by atoms with van der Waals surface area (Å²) in [6.07, 6.45) is 1.19. The number of anilines is 1. The third-order valence-electron chi connectivity index (χ3n) is 7.37. The van der Waals surface area contributed by atoms with Crippen molar-refractivity contribution in [3.05, 3.63) is 117 Å². The van der Waals surface area contributed by atoms with E-state index in [0.29, 0.717) is 22.6 Å². The van der Waals surface area contributed by atoms with Gasteiger partial charge >= 0.3 is 0 Å². The van der Waals surface area contributed by atoms with Gasteiger partial charge < -0.3 is 4.90 Å². The summed E-state index contributed by atoms with van der Waals surface area (Å²) in [5, 5.41) is 0.597. The zero-order valence-electron chi connectivity index (χ0n) is 20.1. The van der Waals surface area contributed by atoms with Crippen molar-refractivity contribution in [3.8, 4) is 0 Å². The Morgan fingerprint density at radius 3 is 2.29 bits per heavy atom. The van der Waals surface area contributed by atoms with Crippen LogP contribution in [0.25, 0.3) is 5.70 Å². The van der Waals surface area contributed by atoms with Gasteiger partial charge in [0.15, 0.2) is 11.6 Å². The van der Waals surface area contributed by atoms with Crippen LogP contribution in [-0.4, -0.2) is 11.6 Å². The van der Waals surface area contributed by atoms with Crippen molar-refractivity contribution >= 4 is 34.6 Å². The first-order valence-electron chi connectivity index (χ1n) is 12.0. The summed E-state index contributed by atoms with van der Waals surface area (Å²) in [7, 11) is 0. The molecule has 1 heterocycles. The first kappa shape index (κ1) is 22.1. The van der Waals surface area contributed by atoms with Gasteiger partial charge in [-0.05, 0) is 48.6 Å². The molecule has 3 aliphatic rings. The Hall–Kier alpha value is -3.43. The minimum absolute atomic E-state index is 0.0122. The monoisotopic (exact) mass is 479 g/mol. The lowest BCUT2D eigenvalue weighted by Crippen LogP contribution is -2.39. The summed E-state index contributed by atoms with van der Waals surface area (Å²) in [6.45, 7) is 6.36. The van der Waals surface area contributed by atoms with Crippen LogP contribution in [0.3, 0.4) is 0 Å². The van der Waals surface area contributed by atoms with Gasteiger partial charge in [0, 0.05) is 51.0 Å². The summed E-state index contributed by atoms with van der Waals surface area (Å²) in [5.41, 5.74) is 7.72. The van der Waals surface area contributed by atoms with Crippen LogP contribution in [0.4, 0.5) is 5.69 Å². The highest BCUT2D eigenvalue weighted by Crippen LogP contribution is 2.56. The Bertz CT molecular complexity index is 1480. The van der Waals surface area contributed by atoms with E-state index in [-0.39, 0.29) is 17.0 Å². The number of aryl methyl sites for hydroxylation is 1. The zero-order chi connectivity index (χ0) is 24.5. The van der Waals surface area contributed by atoms with Gasteiger partial charge in [0.1, 0.15) is 0 Å². The third kappa shape index (κ3) is 3.41. The van der Waals surface area contributed by atoms with E-state index < -0.39 is 5.92 Å². The Labute approximate surface area is 210 Å². The number of fused-ring (bicyclic) bond motifs is 2. The number of carbonyl (C=O) groups is 2. The molecule has 1 aliphatic heterocycles. The van der Waals surface area contributed by atoms with E-state index in [4.69, 9.17) is 11.6 Å². The molecule has 0 amide bonds. The molecular formula is C31H26ClNO2. The van der Waals surface area contributed by atoms with Gasteiger partial charge in [0.05, 0.1) is 5.70 Å². The second kappa shape index (κ2) is 7.79. The normalized spacial score (nSPS) is 20.7. The van der Waals surface area contributed by atoms with Crippen LogP contribution >= 0.6 is 11.6 Å². The molecule has 6 rings (SSSR count). The van der Waals surface area contributed by atoms with Crippen molar-refractivity contribution in [2.45, 2.75) is 39.5 Å². The van der Waals surface area contributed by atoms with Crippen molar-refractivity contribution in [3.63, 3.8) is 0 Å². The Morgan fingerprint density at radius 1 is 0.857 bits per heavy atom. The Kier molecular flexibility index (Phi) is 4.91. The fraction of sp³-hybridized carbons (Fsp3) is 0.226.